The number of nitrogens with one attached hydrogen (secondary N) is 1. The van der Waals surface area contributed by atoms with Crippen LogP contribution >= 0.6 is 0 Å². The predicted molar refractivity (Wildman–Crippen MR) is 158 cm³/mol. The first kappa shape index (κ1) is 33.4. The van der Waals surface area contributed by atoms with Crippen molar-refractivity contribution in [2.45, 2.75) is 97.5 Å². The van der Waals surface area contributed by atoms with Gasteiger partial charge in [0.2, 0.25) is 0 Å². The smallest absolute Gasteiger partial charge is 0.343 e. The highest BCUT2D eigenvalue weighted by atomic mass is 16.6. The number of ether oxygens (including phenoxy) is 3. The number of phenols is 1. The highest BCUT2D eigenvalue weighted by molar-refractivity contribution is 5.96. The third-order valence-corrected chi connectivity index (χ3v) is 7.74. The topological polar surface area (TPSA) is 137 Å². The Morgan fingerprint density at radius 3 is 2.24 bits per heavy atom. The zero-order valence-electron chi connectivity index (χ0n) is 25.5. The number of methoxy groups -OCH3 is 1. The molecule has 226 valence electrons. The molecule has 0 saturated carbocycles. The summed E-state index contributed by atoms with van der Waals surface area (Å²) in [5, 5.41) is 24.3. The summed E-state index contributed by atoms with van der Waals surface area (Å²) in [4.78, 5) is 35.8. The fourth-order valence-corrected chi connectivity index (χ4v) is 4.09. The van der Waals surface area contributed by atoms with Gasteiger partial charge in [0.1, 0.15) is 5.75 Å². The molecular weight excluding hydrogens is 528 g/mol. The van der Waals surface area contributed by atoms with E-state index in [0.29, 0.717) is 18.6 Å². The van der Waals surface area contributed by atoms with Gasteiger partial charge in [-0.1, -0.05) is 67.0 Å². The average molecular weight is 573 g/mol. The van der Waals surface area contributed by atoms with E-state index in [9.17, 15) is 24.8 Å². The largest absolute Gasteiger partial charge is 0.502 e. The number of esters is 1. The molecular formula is C31H44N2O8. The number of rotatable bonds is 15. The number of nitro groups is 1. The van der Waals surface area contributed by atoms with Crippen molar-refractivity contribution in [3.8, 4) is 17.2 Å². The van der Waals surface area contributed by atoms with E-state index in [4.69, 9.17) is 9.47 Å². The van der Waals surface area contributed by atoms with Gasteiger partial charge in [-0.05, 0) is 48.1 Å². The molecule has 2 aromatic rings. The van der Waals surface area contributed by atoms with Crippen molar-refractivity contribution < 1.29 is 33.8 Å². The van der Waals surface area contributed by atoms with Crippen molar-refractivity contribution in [1.82, 2.24) is 0 Å². The second-order valence-corrected chi connectivity index (χ2v) is 11.4. The Hall–Kier alpha value is -3.82. The molecule has 0 aromatic heterocycles. The van der Waals surface area contributed by atoms with Crippen LogP contribution in [0.15, 0.2) is 30.3 Å². The lowest BCUT2D eigenvalue weighted by Gasteiger charge is -2.31. The Kier molecular flexibility index (Phi) is 11.6. The van der Waals surface area contributed by atoms with Crippen LogP contribution in [-0.2, 0) is 25.2 Å². The van der Waals surface area contributed by atoms with Crippen LogP contribution in [0, 0.1) is 10.1 Å². The zero-order chi connectivity index (χ0) is 31.0. The predicted octanol–water partition coefficient (Wildman–Crippen LogP) is 6.80. The van der Waals surface area contributed by atoms with Crippen LogP contribution in [0.2, 0.25) is 0 Å². The molecule has 2 rings (SSSR count). The van der Waals surface area contributed by atoms with Gasteiger partial charge in [0, 0.05) is 11.6 Å². The lowest BCUT2D eigenvalue weighted by molar-refractivity contribution is -0.385. The second kappa shape index (κ2) is 14.2. The number of anilines is 1. The number of benzene rings is 2. The molecule has 41 heavy (non-hydrogen) atoms. The maximum Gasteiger partial charge on any atom is 0.343 e. The van der Waals surface area contributed by atoms with E-state index < -0.39 is 40.9 Å². The molecule has 0 aliphatic carbocycles. The molecule has 0 aliphatic rings. The first-order valence-corrected chi connectivity index (χ1v) is 14.0. The Balaban J connectivity index is 2.50. The molecule has 0 radical (unpaired) electrons. The lowest BCUT2D eigenvalue weighted by Crippen LogP contribution is -2.34. The summed E-state index contributed by atoms with van der Waals surface area (Å²) in [6.07, 6.45) is 2.86. The molecule has 1 atom stereocenters. The molecule has 0 aliphatic heterocycles. The molecule has 10 heteroatoms. The first-order chi connectivity index (χ1) is 19.2. The van der Waals surface area contributed by atoms with Gasteiger partial charge in [0.15, 0.2) is 24.2 Å². The van der Waals surface area contributed by atoms with Crippen molar-refractivity contribution in [1.29, 1.82) is 0 Å². The van der Waals surface area contributed by atoms with Gasteiger partial charge in [-0.2, -0.15) is 0 Å². The van der Waals surface area contributed by atoms with Gasteiger partial charge in [-0.25, -0.2) is 4.79 Å². The lowest BCUT2D eigenvalue weighted by atomic mass is 9.76. The van der Waals surface area contributed by atoms with Crippen LogP contribution in [0.4, 0.5) is 11.4 Å². The van der Waals surface area contributed by atoms with E-state index in [0.717, 1.165) is 37.0 Å². The SMILES string of the molecule is CCCCC(Oc1ccc(C(C)(C)CC)cc1C(C)(C)CC)C(=O)Nc1cc(O)c([N+](=O)[O-])cc1OCC(=O)OC. The highest BCUT2D eigenvalue weighted by Gasteiger charge is 2.30. The molecule has 0 heterocycles. The number of carbonyl (C=O) groups excluding carboxylic acids is 2. The van der Waals surface area contributed by atoms with Crippen molar-refractivity contribution in [2.24, 2.45) is 0 Å². The van der Waals surface area contributed by atoms with Crippen molar-refractivity contribution in [3.63, 3.8) is 0 Å². The van der Waals surface area contributed by atoms with E-state index in [1.165, 1.54) is 12.7 Å². The summed E-state index contributed by atoms with van der Waals surface area (Å²) in [5.41, 5.74) is 1.26. The molecule has 2 N–H and O–H groups in total. The van der Waals surface area contributed by atoms with Gasteiger partial charge >= 0.3 is 11.7 Å². The van der Waals surface area contributed by atoms with Crippen LogP contribution in [0.1, 0.15) is 91.7 Å². The van der Waals surface area contributed by atoms with E-state index in [2.05, 4.69) is 57.7 Å². The van der Waals surface area contributed by atoms with Crippen LogP contribution in [0.3, 0.4) is 0 Å². The average Bonchev–Trinajstić information content (AvgIpc) is 2.94. The summed E-state index contributed by atoms with van der Waals surface area (Å²) in [7, 11) is 1.17. The van der Waals surface area contributed by atoms with Gasteiger partial charge in [0.05, 0.1) is 23.8 Å². The number of hydrogen-bond donors (Lipinski definition) is 2. The van der Waals surface area contributed by atoms with Crippen LogP contribution in [-0.4, -0.2) is 41.7 Å². The number of nitrogens with zero attached hydrogens (tertiary/aromatic N) is 1. The third kappa shape index (κ3) is 8.58. The normalized spacial score (nSPS) is 12.4. The number of unbranched alkanes of at least 4 members (excludes halogenated alkanes) is 1. The highest BCUT2D eigenvalue weighted by Crippen LogP contribution is 2.40. The standard InChI is InChI=1S/C31H44N2O8/c1-9-12-13-26(41-25-15-14-20(30(4,5)10-2)16-21(25)31(6,7)11-3)29(36)32-22-17-24(34)23(33(37)38)18-27(22)40-19-28(35)39-8/h14-18,26,34H,9-13,19H2,1-8H3,(H,32,36). The second-order valence-electron chi connectivity index (χ2n) is 11.4. The monoisotopic (exact) mass is 572 g/mol. The van der Waals surface area contributed by atoms with E-state index >= 15 is 0 Å². The van der Waals surface area contributed by atoms with Crippen molar-refractivity contribution in [2.75, 3.05) is 19.0 Å². The summed E-state index contributed by atoms with van der Waals surface area (Å²) in [6.45, 7) is 14.4. The van der Waals surface area contributed by atoms with Gasteiger partial charge in [-0.3, -0.25) is 14.9 Å². The molecule has 0 spiro atoms. The molecule has 1 amide bonds. The summed E-state index contributed by atoms with van der Waals surface area (Å²) in [6, 6.07) is 8.10. The number of hydrogen-bond acceptors (Lipinski definition) is 8. The van der Waals surface area contributed by atoms with E-state index in [-0.39, 0.29) is 22.3 Å². The summed E-state index contributed by atoms with van der Waals surface area (Å²) < 4.78 is 16.4. The van der Waals surface area contributed by atoms with Crippen LogP contribution < -0.4 is 14.8 Å². The Labute approximate surface area is 242 Å². The summed E-state index contributed by atoms with van der Waals surface area (Å²) >= 11 is 0. The van der Waals surface area contributed by atoms with E-state index in [1.54, 1.807) is 0 Å². The van der Waals surface area contributed by atoms with Crippen LogP contribution in [0.25, 0.3) is 0 Å². The van der Waals surface area contributed by atoms with Crippen LogP contribution in [0.5, 0.6) is 17.2 Å². The minimum absolute atomic E-state index is 0.0331. The van der Waals surface area contributed by atoms with Gasteiger partial charge in [-0.15, -0.1) is 0 Å². The maximum absolute atomic E-state index is 13.6. The number of amides is 1. The number of phenolic OH excluding ortho intramolecular Hbond substituents is 1. The van der Waals surface area contributed by atoms with Gasteiger partial charge < -0.3 is 24.6 Å². The van der Waals surface area contributed by atoms with Gasteiger partial charge in [0.25, 0.3) is 5.91 Å². The van der Waals surface area contributed by atoms with Crippen molar-refractivity contribution in [3.05, 3.63) is 51.6 Å². The Bertz CT molecular complexity index is 1240. The Morgan fingerprint density at radius 2 is 1.68 bits per heavy atom. The molecule has 10 nitrogen and oxygen atoms in total. The molecule has 0 fully saturated rings. The molecule has 2 aromatic carbocycles. The quantitative estimate of drug-likeness (QED) is 0.135. The van der Waals surface area contributed by atoms with E-state index in [1.807, 2.05) is 19.1 Å². The Morgan fingerprint density at radius 1 is 1.02 bits per heavy atom. The fraction of sp³-hybridized carbons (Fsp3) is 0.548. The fourth-order valence-electron chi connectivity index (χ4n) is 4.09. The first-order valence-electron chi connectivity index (χ1n) is 14.0. The minimum atomic E-state index is -0.905. The van der Waals surface area contributed by atoms with Crippen molar-refractivity contribution >= 4 is 23.3 Å². The molecule has 1 unspecified atom stereocenters. The maximum atomic E-state index is 13.6. The summed E-state index contributed by atoms with van der Waals surface area (Å²) in [5.74, 6) is -1.46. The number of nitro benzene ring substituents is 1. The third-order valence-electron chi connectivity index (χ3n) is 7.74. The molecule has 0 saturated heterocycles. The minimum Gasteiger partial charge on any atom is -0.502 e. The number of aromatic hydroxyl groups is 1. The zero-order valence-corrected chi connectivity index (χ0v) is 25.5. The number of carbonyl (C=O) groups is 2. The molecule has 0 bridgehead atoms.